The lowest BCUT2D eigenvalue weighted by Gasteiger charge is -2.21. The van der Waals surface area contributed by atoms with Crippen molar-refractivity contribution < 1.29 is 19.5 Å². The molecule has 0 aliphatic carbocycles. The van der Waals surface area contributed by atoms with Crippen molar-refractivity contribution in [3.8, 4) is 0 Å². The Bertz CT molecular complexity index is 338. The molecule has 6 heteroatoms. The smallest absolute Gasteiger partial charge is 0.303 e. The molecule has 0 aromatic heterocycles. The Morgan fingerprint density at radius 2 is 1.58 bits per heavy atom. The summed E-state index contributed by atoms with van der Waals surface area (Å²) in [4.78, 5) is 33.5. The molecule has 0 bridgehead atoms. The highest BCUT2D eigenvalue weighted by molar-refractivity contribution is 5.79. The van der Waals surface area contributed by atoms with E-state index in [1.807, 2.05) is 0 Å². The zero-order valence-electron chi connectivity index (χ0n) is 12.1. The Kier molecular flexibility index (Phi) is 7.11. The van der Waals surface area contributed by atoms with Gasteiger partial charge in [0.1, 0.15) is 0 Å². The quantitative estimate of drug-likeness (QED) is 0.569. The van der Waals surface area contributed by atoms with Crippen LogP contribution in [-0.2, 0) is 14.4 Å². The average Bonchev–Trinajstić information content (AvgIpc) is 2.20. The summed E-state index contributed by atoms with van der Waals surface area (Å²) in [6, 6.07) is 0. The van der Waals surface area contributed by atoms with Gasteiger partial charge in [0.25, 0.3) is 0 Å². The standard InChI is InChI=1S/C13H24N2O4/c1-9(2)12(19)15-6-5-14-10(16)7-13(3,4)8-11(17)18/h9H,5-8H2,1-4H3,(H,14,16)(H,15,19)(H,17,18). The van der Waals surface area contributed by atoms with Crippen LogP contribution in [0, 0.1) is 11.3 Å². The van der Waals surface area contributed by atoms with Crippen LogP contribution in [0.4, 0.5) is 0 Å². The molecular weight excluding hydrogens is 248 g/mol. The average molecular weight is 272 g/mol. The molecule has 0 aromatic carbocycles. The van der Waals surface area contributed by atoms with E-state index in [0.717, 1.165) is 0 Å². The summed E-state index contributed by atoms with van der Waals surface area (Å²) in [5, 5.41) is 14.1. The van der Waals surface area contributed by atoms with E-state index < -0.39 is 11.4 Å². The van der Waals surface area contributed by atoms with Gasteiger partial charge in [-0.1, -0.05) is 27.7 Å². The molecule has 0 rings (SSSR count). The summed E-state index contributed by atoms with van der Waals surface area (Å²) >= 11 is 0. The fourth-order valence-electron chi connectivity index (χ4n) is 1.56. The molecule has 0 saturated heterocycles. The number of aliphatic carboxylic acids is 1. The van der Waals surface area contributed by atoms with Crippen molar-refractivity contribution in [2.45, 2.75) is 40.5 Å². The fraction of sp³-hybridized carbons (Fsp3) is 0.769. The molecule has 0 aliphatic heterocycles. The van der Waals surface area contributed by atoms with Crippen molar-refractivity contribution in [1.82, 2.24) is 10.6 Å². The van der Waals surface area contributed by atoms with Crippen molar-refractivity contribution in [2.75, 3.05) is 13.1 Å². The Morgan fingerprint density at radius 3 is 2.05 bits per heavy atom. The molecular formula is C13H24N2O4. The van der Waals surface area contributed by atoms with E-state index >= 15 is 0 Å². The first-order chi connectivity index (χ1) is 8.64. The van der Waals surface area contributed by atoms with E-state index in [9.17, 15) is 14.4 Å². The van der Waals surface area contributed by atoms with Crippen LogP contribution in [0.2, 0.25) is 0 Å². The number of hydrogen-bond donors (Lipinski definition) is 3. The third-order valence-electron chi connectivity index (χ3n) is 2.54. The highest BCUT2D eigenvalue weighted by Crippen LogP contribution is 2.24. The van der Waals surface area contributed by atoms with Gasteiger partial charge in [0.15, 0.2) is 0 Å². The first-order valence-corrected chi connectivity index (χ1v) is 6.40. The maximum absolute atomic E-state index is 11.6. The van der Waals surface area contributed by atoms with Gasteiger partial charge in [-0.05, 0) is 5.41 Å². The van der Waals surface area contributed by atoms with E-state index in [4.69, 9.17) is 5.11 Å². The Hall–Kier alpha value is -1.59. The number of carbonyl (C=O) groups is 3. The van der Waals surface area contributed by atoms with Crippen LogP contribution in [0.5, 0.6) is 0 Å². The molecule has 0 aromatic rings. The molecule has 19 heavy (non-hydrogen) atoms. The van der Waals surface area contributed by atoms with Crippen molar-refractivity contribution in [2.24, 2.45) is 11.3 Å². The summed E-state index contributed by atoms with van der Waals surface area (Å²) < 4.78 is 0. The fourth-order valence-corrected chi connectivity index (χ4v) is 1.56. The zero-order chi connectivity index (χ0) is 15.1. The summed E-state index contributed by atoms with van der Waals surface area (Å²) in [7, 11) is 0. The lowest BCUT2D eigenvalue weighted by Crippen LogP contribution is -2.37. The molecule has 6 nitrogen and oxygen atoms in total. The molecule has 0 fully saturated rings. The van der Waals surface area contributed by atoms with Crippen molar-refractivity contribution >= 4 is 17.8 Å². The molecule has 3 N–H and O–H groups in total. The largest absolute Gasteiger partial charge is 0.481 e. The van der Waals surface area contributed by atoms with Gasteiger partial charge in [0.2, 0.25) is 11.8 Å². The van der Waals surface area contributed by atoms with Crippen LogP contribution in [0.3, 0.4) is 0 Å². The van der Waals surface area contributed by atoms with Crippen LogP contribution in [0.1, 0.15) is 40.5 Å². The molecule has 0 saturated carbocycles. The molecule has 0 heterocycles. The highest BCUT2D eigenvalue weighted by atomic mass is 16.4. The molecule has 110 valence electrons. The third-order valence-corrected chi connectivity index (χ3v) is 2.54. The van der Waals surface area contributed by atoms with Crippen LogP contribution < -0.4 is 10.6 Å². The number of carboxylic acids is 1. The van der Waals surface area contributed by atoms with Gasteiger partial charge in [0.05, 0.1) is 6.42 Å². The van der Waals surface area contributed by atoms with E-state index in [1.54, 1.807) is 27.7 Å². The predicted molar refractivity (Wildman–Crippen MR) is 71.5 cm³/mol. The second-order valence-electron chi connectivity index (χ2n) is 5.71. The maximum Gasteiger partial charge on any atom is 0.303 e. The minimum Gasteiger partial charge on any atom is -0.481 e. The molecule has 0 unspecified atom stereocenters. The van der Waals surface area contributed by atoms with Gasteiger partial charge in [-0.25, -0.2) is 0 Å². The second kappa shape index (κ2) is 7.76. The number of rotatable bonds is 8. The van der Waals surface area contributed by atoms with Crippen LogP contribution in [0.25, 0.3) is 0 Å². The zero-order valence-corrected chi connectivity index (χ0v) is 12.1. The van der Waals surface area contributed by atoms with E-state index in [0.29, 0.717) is 13.1 Å². The third kappa shape index (κ3) is 9.04. The number of carbonyl (C=O) groups excluding carboxylic acids is 2. The first-order valence-electron chi connectivity index (χ1n) is 6.40. The van der Waals surface area contributed by atoms with Crippen molar-refractivity contribution in [3.05, 3.63) is 0 Å². The van der Waals surface area contributed by atoms with E-state index in [2.05, 4.69) is 10.6 Å². The second-order valence-corrected chi connectivity index (χ2v) is 5.71. The van der Waals surface area contributed by atoms with Crippen molar-refractivity contribution in [3.63, 3.8) is 0 Å². The summed E-state index contributed by atoms with van der Waals surface area (Å²) in [5.41, 5.74) is -0.572. The number of hydrogen-bond acceptors (Lipinski definition) is 3. The van der Waals surface area contributed by atoms with Gasteiger partial charge < -0.3 is 15.7 Å². The summed E-state index contributed by atoms with van der Waals surface area (Å²) in [6.45, 7) is 7.79. The number of amides is 2. The molecule has 0 spiro atoms. The predicted octanol–water partition coefficient (Wildman–Crippen LogP) is 0.766. The van der Waals surface area contributed by atoms with Gasteiger partial charge in [-0.3, -0.25) is 14.4 Å². The van der Waals surface area contributed by atoms with Gasteiger partial charge in [-0.15, -0.1) is 0 Å². The van der Waals surface area contributed by atoms with Gasteiger partial charge >= 0.3 is 5.97 Å². The van der Waals surface area contributed by atoms with Crippen LogP contribution in [-0.4, -0.2) is 36.0 Å². The Balaban J connectivity index is 3.87. The van der Waals surface area contributed by atoms with Gasteiger partial charge in [-0.2, -0.15) is 0 Å². The molecule has 0 radical (unpaired) electrons. The van der Waals surface area contributed by atoms with Crippen LogP contribution >= 0.6 is 0 Å². The first kappa shape index (κ1) is 17.4. The summed E-state index contributed by atoms with van der Waals surface area (Å²) in [5.74, 6) is -1.25. The molecule has 2 amide bonds. The Labute approximate surface area is 113 Å². The lowest BCUT2D eigenvalue weighted by atomic mass is 9.85. The van der Waals surface area contributed by atoms with E-state index in [1.165, 1.54) is 0 Å². The highest BCUT2D eigenvalue weighted by Gasteiger charge is 2.24. The number of nitrogens with one attached hydrogen (secondary N) is 2. The molecule has 0 atom stereocenters. The van der Waals surface area contributed by atoms with Crippen LogP contribution in [0.15, 0.2) is 0 Å². The van der Waals surface area contributed by atoms with Gasteiger partial charge in [0, 0.05) is 25.4 Å². The van der Waals surface area contributed by atoms with E-state index in [-0.39, 0.29) is 30.6 Å². The topological polar surface area (TPSA) is 95.5 Å². The monoisotopic (exact) mass is 272 g/mol. The minimum atomic E-state index is -0.915. The van der Waals surface area contributed by atoms with Crippen molar-refractivity contribution in [1.29, 1.82) is 0 Å². The minimum absolute atomic E-state index is 0.0511. The summed E-state index contributed by atoms with van der Waals surface area (Å²) in [6.07, 6.45) is 0.0991. The lowest BCUT2D eigenvalue weighted by molar-refractivity contribution is -0.139. The Morgan fingerprint density at radius 1 is 1.05 bits per heavy atom. The SMILES string of the molecule is CC(C)C(=O)NCCNC(=O)CC(C)(C)CC(=O)O. The molecule has 0 aliphatic rings. The maximum atomic E-state index is 11.6. The normalized spacial score (nSPS) is 11.2. The number of carboxylic acid groups (broad SMARTS) is 1.